The second kappa shape index (κ2) is 7.35. The van der Waals surface area contributed by atoms with Crippen LogP contribution in [0.4, 0.5) is 8.78 Å². The molecule has 0 fully saturated rings. The molecule has 5 rings (SSSR count). The summed E-state index contributed by atoms with van der Waals surface area (Å²) in [7, 11) is 0. The summed E-state index contributed by atoms with van der Waals surface area (Å²) in [6.07, 6.45) is 2.88. The first-order chi connectivity index (χ1) is 14.6. The number of benzene rings is 3. The number of hydrogen-bond acceptors (Lipinski definition) is 3. The molecule has 0 amide bonds. The summed E-state index contributed by atoms with van der Waals surface area (Å²) in [5.41, 5.74) is 4.36. The lowest BCUT2D eigenvalue weighted by atomic mass is 9.96. The van der Waals surface area contributed by atoms with Gasteiger partial charge in [-0.05, 0) is 47.0 Å². The van der Waals surface area contributed by atoms with Crippen molar-refractivity contribution < 1.29 is 18.6 Å². The average Bonchev–Trinajstić information content (AvgIpc) is 2.90. The van der Waals surface area contributed by atoms with Gasteiger partial charge >= 0.3 is 0 Å². The van der Waals surface area contributed by atoms with Crippen LogP contribution in [0.5, 0.6) is 5.75 Å². The molecule has 30 heavy (non-hydrogen) atoms. The molecule has 0 bridgehead atoms. The Morgan fingerprint density at radius 1 is 0.900 bits per heavy atom. The van der Waals surface area contributed by atoms with Gasteiger partial charge in [-0.2, -0.15) is 0 Å². The number of ether oxygens (including phenoxy) is 1. The fourth-order valence-electron chi connectivity index (χ4n) is 3.68. The fourth-order valence-corrected chi connectivity index (χ4v) is 3.68. The number of hydrogen-bond donors (Lipinski definition) is 1. The normalized spacial score (nSPS) is 15.5. The lowest BCUT2D eigenvalue weighted by molar-refractivity contribution is 0.218. The van der Waals surface area contributed by atoms with E-state index >= 15 is 0 Å². The van der Waals surface area contributed by atoms with Crippen LogP contribution in [0.1, 0.15) is 34.1 Å². The summed E-state index contributed by atoms with van der Waals surface area (Å²) in [6, 6.07) is 19.0. The van der Waals surface area contributed by atoms with Crippen molar-refractivity contribution in [2.75, 3.05) is 0 Å². The van der Waals surface area contributed by atoms with Crippen LogP contribution in [0.15, 0.2) is 66.7 Å². The maximum atomic E-state index is 13.5. The zero-order valence-corrected chi connectivity index (χ0v) is 15.8. The van der Waals surface area contributed by atoms with Gasteiger partial charge in [0.25, 0.3) is 0 Å². The van der Waals surface area contributed by atoms with E-state index in [9.17, 15) is 13.9 Å². The zero-order valence-electron chi connectivity index (χ0n) is 15.8. The third kappa shape index (κ3) is 3.33. The van der Waals surface area contributed by atoms with Crippen molar-refractivity contribution in [2.24, 2.45) is 0 Å². The predicted molar refractivity (Wildman–Crippen MR) is 112 cm³/mol. The molecule has 0 aliphatic carbocycles. The number of nitrogens with zero attached hydrogens (tertiary/aromatic N) is 1. The molecule has 3 nitrogen and oxygen atoms in total. The van der Waals surface area contributed by atoms with Crippen molar-refractivity contribution in [3.8, 4) is 5.75 Å². The van der Waals surface area contributed by atoms with E-state index in [-0.39, 0.29) is 0 Å². The quantitative estimate of drug-likeness (QED) is 0.471. The minimum atomic E-state index is -0.920. The van der Waals surface area contributed by atoms with E-state index in [1.165, 1.54) is 0 Å². The second-order valence-electron chi connectivity index (χ2n) is 7.22. The van der Waals surface area contributed by atoms with Crippen molar-refractivity contribution in [3.63, 3.8) is 0 Å². The summed E-state index contributed by atoms with van der Waals surface area (Å²) in [4.78, 5) is 4.37. The van der Waals surface area contributed by atoms with Crippen molar-refractivity contribution in [2.45, 2.75) is 12.7 Å². The molecule has 1 aromatic heterocycles. The average molecular weight is 401 g/mol. The van der Waals surface area contributed by atoms with Crippen LogP contribution in [-0.2, 0) is 6.61 Å². The first-order valence-corrected chi connectivity index (χ1v) is 9.55. The third-order valence-electron chi connectivity index (χ3n) is 5.26. The molecule has 0 saturated heterocycles. The number of aliphatic hydroxyl groups is 1. The highest BCUT2D eigenvalue weighted by Crippen LogP contribution is 2.36. The van der Waals surface area contributed by atoms with Gasteiger partial charge in [0, 0.05) is 17.0 Å². The van der Waals surface area contributed by atoms with Crippen molar-refractivity contribution >= 4 is 23.1 Å². The molecule has 1 atom stereocenters. The predicted octanol–water partition coefficient (Wildman–Crippen LogP) is 5.66. The summed E-state index contributed by atoms with van der Waals surface area (Å²) in [5.74, 6) is -1.16. The smallest absolute Gasteiger partial charge is 0.161 e. The number of rotatable bonds is 2. The van der Waals surface area contributed by atoms with Gasteiger partial charge < -0.3 is 9.84 Å². The Hall–Kier alpha value is -3.57. The van der Waals surface area contributed by atoms with Crippen molar-refractivity contribution in [1.82, 2.24) is 4.98 Å². The van der Waals surface area contributed by atoms with Gasteiger partial charge in [0.2, 0.25) is 0 Å². The summed E-state index contributed by atoms with van der Waals surface area (Å²) in [6.45, 7) is 0.410. The van der Waals surface area contributed by atoms with E-state index < -0.39 is 17.7 Å². The molecule has 4 aromatic rings. The standard InChI is InChI=1S/C25H17F2NO2/c26-21-12-16-7-9-18(28-23(16)13-22(21)27)8-5-15-6-10-24-20(11-15)25(29)19-4-2-1-3-17(19)14-30-24/h1-13,25,29H,14H2. The summed E-state index contributed by atoms with van der Waals surface area (Å²) in [5, 5.41) is 11.4. The van der Waals surface area contributed by atoms with Gasteiger partial charge in [-0.1, -0.05) is 42.5 Å². The molecule has 0 radical (unpaired) electrons. The number of aliphatic hydroxyl groups excluding tert-OH is 1. The molecular weight excluding hydrogens is 384 g/mol. The van der Waals surface area contributed by atoms with Crippen molar-refractivity contribution in [1.29, 1.82) is 0 Å². The Bertz CT molecular complexity index is 1300. The van der Waals surface area contributed by atoms with Crippen LogP contribution < -0.4 is 4.74 Å². The van der Waals surface area contributed by atoms with Crippen LogP contribution >= 0.6 is 0 Å². The molecule has 2 heterocycles. The Labute approximate surface area is 171 Å². The minimum absolute atomic E-state index is 0.387. The number of aromatic nitrogens is 1. The maximum Gasteiger partial charge on any atom is 0.161 e. The minimum Gasteiger partial charge on any atom is -0.488 e. The zero-order chi connectivity index (χ0) is 20.7. The van der Waals surface area contributed by atoms with Gasteiger partial charge in [-0.25, -0.2) is 13.8 Å². The number of pyridine rings is 1. The number of halogens is 2. The Morgan fingerprint density at radius 3 is 2.63 bits per heavy atom. The lowest BCUT2D eigenvalue weighted by Crippen LogP contribution is -2.01. The molecule has 0 saturated carbocycles. The Kier molecular flexibility index (Phi) is 4.52. The highest BCUT2D eigenvalue weighted by Gasteiger charge is 2.22. The van der Waals surface area contributed by atoms with E-state index in [2.05, 4.69) is 4.98 Å². The molecule has 0 spiro atoms. The molecule has 1 N–H and O–H groups in total. The van der Waals surface area contributed by atoms with Gasteiger partial charge in [-0.3, -0.25) is 0 Å². The largest absolute Gasteiger partial charge is 0.488 e. The van der Waals surface area contributed by atoms with Crippen LogP contribution in [0.3, 0.4) is 0 Å². The highest BCUT2D eigenvalue weighted by atomic mass is 19.2. The third-order valence-corrected chi connectivity index (χ3v) is 5.26. The molecule has 5 heteroatoms. The molecule has 3 aromatic carbocycles. The van der Waals surface area contributed by atoms with Crippen LogP contribution in [-0.4, -0.2) is 10.1 Å². The summed E-state index contributed by atoms with van der Waals surface area (Å²) >= 11 is 0. The Morgan fingerprint density at radius 2 is 1.73 bits per heavy atom. The Balaban J connectivity index is 1.47. The van der Waals surface area contributed by atoms with Crippen LogP contribution in [0, 0.1) is 11.6 Å². The summed E-state index contributed by atoms with van der Waals surface area (Å²) < 4.78 is 32.7. The van der Waals surface area contributed by atoms with Gasteiger partial charge in [0.1, 0.15) is 18.5 Å². The van der Waals surface area contributed by atoms with Crippen molar-refractivity contribution in [3.05, 3.63) is 106 Å². The van der Waals surface area contributed by atoms with Gasteiger partial charge in [-0.15, -0.1) is 0 Å². The van der Waals surface area contributed by atoms with Crippen LogP contribution in [0.2, 0.25) is 0 Å². The van der Waals surface area contributed by atoms with E-state index in [0.29, 0.717) is 34.5 Å². The SMILES string of the molecule is OC1c2ccccc2COc2ccc(C=Cc3ccc4cc(F)c(F)cc4n3)cc21. The van der Waals surface area contributed by atoms with E-state index in [1.807, 2.05) is 48.5 Å². The van der Waals surface area contributed by atoms with Gasteiger partial charge in [0.15, 0.2) is 11.6 Å². The molecule has 148 valence electrons. The second-order valence-corrected chi connectivity index (χ2v) is 7.22. The monoisotopic (exact) mass is 401 g/mol. The van der Waals surface area contributed by atoms with E-state index in [4.69, 9.17) is 4.74 Å². The van der Waals surface area contributed by atoms with Crippen LogP contribution in [0.25, 0.3) is 23.1 Å². The molecule has 1 aliphatic heterocycles. The van der Waals surface area contributed by atoms with Gasteiger partial charge in [0.05, 0.1) is 11.2 Å². The first-order valence-electron chi connectivity index (χ1n) is 9.55. The molecule has 1 aliphatic rings. The first kappa shape index (κ1) is 18.5. The molecule has 1 unspecified atom stereocenters. The van der Waals surface area contributed by atoms with E-state index in [0.717, 1.165) is 28.8 Å². The highest BCUT2D eigenvalue weighted by molar-refractivity contribution is 5.81. The molecular formula is C25H17F2NO2. The fraction of sp³-hybridized carbons (Fsp3) is 0.0800. The number of fused-ring (bicyclic) bond motifs is 3. The lowest BCUT2D eigenvalue weighted by Gasteiger charge is -2.13. The topological polar surface area (TPSA) is 42.4 Å². The maximum absolute atomic E-state index is 13.5. The van der Waals surface area contributed by atoms with E-state index in [1.54, 1.807) is 18.2 Å².